The highest BCUT2D eigenvalue weighted by molar-refractivity contribution is 5.85. The molecule has 5 heteroatoms. The Kier molecular flexibility index (Phi) is 7.37. The molecule has 0 aromatic heterocycles. The summed E-state index contributed by atoms with van der Waals surface area (Å²) in [6.07, 6.45) is 2.09. The fourth-order valence-electron chi connectivity index (χ4n) is 0.743. The minimum absolute atomic E-state index is 0. The largest absolute Gasteiger partial charge is 0.480 e. The number of carboxylic acid groups (broad SMARTS) is 1. The van der Waals surface area contributed by atoms with Crippen LogP contribution < -0.4 is 11.5 Å². The van der Waals surface area contributed by atoms with Crippen molar-refractivity contribution in [1.82, 2.24) is 0 Å². The molecule has 0 amide bonds. The molecule has 0 aliphatic rings. The van der Waals surface area contributed by atoms with Gasteiger partial charge >= 0.3 is 5.97 Å². The van der Waals surface area contributed by atoms with Crippen LogP contribution in [-0.4, -0.2) is 23.2 Å². The molecule has 0 saturated heterocycles. The van der Waals surface area contributed by atoms with Gasteiger partial charge in [0.15, 0.2) is 0 Å². The van der Waals surface area contributed by atoms with Gasteiger partial charge in [0.1, 0.15) is 5.54 Å². The first-order valence-electron chi connectivity index (χ1n) is 3.73. The minimum Gasteiger partial charge on any atom is -0.480 e. The lowest BCUT2D eigenvalue weighted by atomic mass is 9.96. The number of hydrogen-bond donors (Lipinski definition) is 3. The molecule has 0 radical (unpaired) electrons. The average molecular weight is 197 g/mol. The second-order valence-corrected chi connectivity index (χ2v) is 2.97. The van der Waals surface area contributed by atoms with Gasteiger partial charge in [0.25, 0.3) is 0 Å². The molecule has 0 unspecified atom stereocenters. The molecule has 0 rings (SSSR count). The fraction of sp³-hybridized carbons (Fsp3) is 0.857. The summed E-state index contributed by atoms with van der Waals surface area (Å²) in [4.78, 5) is 10.5. The third-order valence-electron chi connectivity index (χ3n) is 1.64. The molecule has 0 saturated carbocycles. The van der Waals surface area contributed by atoms with E-state index in [9.17, 15) is 4.79 Å². The Bertz CT molecular complexity index is 139. The number of halogens is 1. The second-order valence-electron chi connectivity index (χ2n) is 2.97. The van der Waals surface area contributed by atoms with Crippen molar-refractivity contribution in [2.24, 2.45) is 11.5 Å². The Labute approximate surface area is 78.7 Å². The van der Waals surface area contributed by atoms with Gasteiger partial charge in [-0.3, -0.25) is 4.79 Å². The molecule has 0 aromatic carbocycles. The number of aliphatic carboxylic acids is 1. The Morgan fingerprint density at radius 1 is 1.50 bits per heavy atom. The fourth-order valence-corrected chi connectivity index (χ4v) is 0.743. The minimum atomic E-state index is -1.09. The monoisotopic (exact) mass is 196 g/mol. The second kappa shape index (κ2) is 6.22. The Hall–Kier alpha value is -0.320. The standard InChI is InChI=1S/C7H16N2O2.ClH/c1-7(9,6(10)11)4-2-3-5-8;/h2-5,8-9H2,1H3,(H,10,11);1H/t7-;/m1./s1. The Balaban J connectivity index is 0. The van der Waals surface area contributed by atoms with Crippen LogP contribution in [0.25, 0.3) is 0 Å². The van der Waals surface area contributed by atoms with E-state index < -0.39 is 11.5 Å². The smallest absolute Gasteiger partial charge is 0.323 e. The van der Waals surface area contributed by atoms with E-state index in [2.05, 4.69) is 0 Å². The normalized spacial score (nSPS) is 14.6. The first-order chi connectivity index (χ1) is 5.00. The van der Waals surface area contributed by atoms with Crippen LogP contribution in [0, 0.1) is 0 Å². The molecule has 0 aromatic rings. The predicted octanol–water partition coefficient (Wildman–Crippen LogP) is 0.339. The maximum absolute atomic E-state index is 10.5. The van der Waals surface area contributed by atoms with Crippen LogP contribution in [-0.2, 0) is 4.79 Å². The van der Waals surface area contributed by atoms with E-state index in [-0.39, 0.29) is 12.4 Å². The molecule has 5 N–H and O–H groups in total. The van der Waals surface area contributed by atoms with Gasteiger partial charge in [-0.2, -0.15) is 0 Å². The first kappa shape index (κ1) is 14.2. The van der Waals surface area contributed by atoms with Gasteiger partial charge < -0.3 is 16.6 Å². The summed E-state index contributed by atoms with van der Waals surface area (Å²) in [6.45, 7) is 2.11. The van der Waals surface area contributed by atoms with Gasteiger partial charge in [0.2, 0.25) is 0 Å². The summed E-state index contributed by atoms with van der Waals surface area (Å²) in [5.74, 6) is -0.950. The van der Waals surface area contributed by atoms with Gasteiger partial charge in [0, 0.05) is 0 Å². The van der Waals surface area contributed by atoms with Crippen molar-refractivity contribution in [3.05, 3.63) is 0 Å². The van der Waals surface area contributed by atoms with Crippen LogP contribution in [0.2, 0.25) is 0 Å². The van der Waals surface area contributed by atoms with Gasteiger partial charge in [-0.15, -0.1) is 12.4 Å². The van der Waals surface area contributed by atoms with Gasteiger partial charge in [0.05, 0.1) is 0 Å². The van der Waals surface area contributed by atoms with Crippen molar-refractivity contribution in [3.63, 3.8) is 0 Å². The van der Waals surface area contributed by atoms with E-state index in [1.165, 1.54) is 6.92 Å². The number of rotatable bonds is 5. The van der Waals surface area contributed by atoms with Crippen molar-refractivity contribution in [1.29, 1.82) is 0 Å². The summed E-state index contributed by atoms with van der Waals surface area (Å²) in [6, 6.07) is 0. The van der Waals surface area contributed by atoms with Crippen LogP contribution in [0.5, 0.6) is 0 Å². The molecule has 0 aliphatic heterocycles. The first-order valence-corrected chi connectivity index (χ1v) is 3.73. The van der Waals surface area contributed by atoms with Crippen LogP contribution in [0.4, 0.5) is 0 Å². The van der Waals surface area contributed by atoms with Crippen LogP contribution in [0.15, 0.2) is 0 Å². The van der Waals surface area contributed by atoms with Crippen LogP contribution in [0.3, 0.4) is 0 Å². The molecule has 0 fully saturated rings. The van der Waals surface area contributed by atoms with Crippen molar-refractivity contribution < 1.29 is 9.90 Å². The van der Waals surface area contributed by atoms with E-state index in [4.69, 9.17) is 16.6 Å². The van der Waals surface area contributed by atoms with Gasteiger partial charge in [-0.25, -0.2) is 0 Å². The van der Waals surface area contributed by atoms with E-state index >= 15 is 0 Å². The summed E-state index contributed by atoms with van der Waals surface area (Å²) in [5.41, 5.74) is 9.62. The van der Waals surface area contributed by atoms with E-state index in [0.29, 0.717) is 13.0 Å². The summed E-state index contributed by atoms with van der Waals surface area (Å²) >= 11 is 0. The lowest BCUT2D eigenvalue weighted by molar-refractivity contribution is -0.142. The SMILES string of the molecule is C[C@@](N)(CCCCN)C(=O)O.Cl. The lowest BCUT2D eigenvalue weighted by Crippen LogP contribution is -2.44. The Morgan fingerprint density at radius 3 is 2.33 bits per heavy atom. The topological polar surface area (TPSA) is 89.3 Å². The molecule has 4 nitrogen and oxygen atoms in total. The third-order valence-corrected chi connectivity index (χ3v) is 1.64. The molecule has 74 valence electrons. The van der Waals surface area contributed by atoms with E-state index in [1.807, 2.05) is 0 Å². The van der Waals surface area contributed by atoms with Crippen LogP contribution in [0.1, 0.15) is 26.2 Å². The highest BCUT2D eigenvalue weighted by atomic mass is 35.5. The maximum atomic E-state index is 10.5. The number of hydrogen-bond acceptors (Lipinski definition) is 3. The summed E-state index contributed by atoms with van der Waals surface area (Å²) in [5, 5.41) is 8.58. The van der Waals surface area contributed by atoms with Gasteiger partial charge in [-0.1, -0.05) is 0 Å². The highest BCUT2D eigenvalue weighted by Gasteiger charge is 2.26. The molecular weight excluding hydrogens is 180 g/mol. The summed E-state index contributed by atoms with van der Waals surface area (Å²) < 4.78 is 0. The number of carbonyl (C=O) groups is 1. The number of nitrogens with two attached hydrogens (primary N) is 2. The zero-order valence-corrected chi connectivity index (χ0v) is 8.06. The summed E-state index contributed by atoms with van der Waals surface area (Å²) in [7, 11) is 0. The molecule has 12 heavy (non-hydrogen) atoms. The molecule has 0 heterocycles. The van der Waals surface area contributed by atoms with Crippen molar-refractivity contribution in [3.8, 4) is 0 Å². The Morgan fingerprint density at radius 2 is 2.00 bits per heavy atom. The lowest BCUT2D eigenvalue weighted by Gasteiger charge is -2.18. The van der Waals surface area contributed by atoms with E-state index in [1.54, 1.807) is 0 Å². The van der Waals surface area contributed by atoms with E-state index in [0.717, 1.165) is 12.8 Å². The van der Waals surface area contributed by atoms with Crippen molar-refractivity contribution >= 4 is 18.4 Å². The molecule has 1 atom stereocenters. The number of carboxylic acids is 1. The molecule has 0 spiro atoms. The average Bonchev–Trinajstić information content (AvgIpc) is 1.88. The zero-order chi connectivity index (χ0) is 8.91. The quantitative estimate of drug-likeness (QED) is 0.554. The van der Waals surface area contributed by atoms with Crippen LogP contribution >= 0.6 is 12.4 Å². The van der Waals surface area contributed by atoms with Crippen molar-refractivity contribution in [2.45, 2.75) is 31.7 Å². The third kappa shape index (κ3) is 5.35. The molecular formula is C7H17ClN2O2. The number of unbranched alkanes of at least 4 members (excludes halogenated alkanes) is 1. The predicted molar refractivity (Wildman–Crippen MR) is 50.4 cm³/mol. The highest BCUT2D eigenvalue weighted by Crippen LogP contribution is 2.09. The van der Waals surface area contributed by atoms with Crippen molar-refractivity contribution in [2.75, 3.05) is 6.54 Å². The molecule has 0 aliphatic carbocycles. The van der Waals surface area contributed by atoms with Gasteiger partial charge in [-0.05, 0) is 32.7 Å². The zero-order valence-electron chi connectivity index (χ0n) is 7.25. The maximum Gasteiger partial charge on any atom is 0.323 e. The molecule has 0 bridgehead atoms.